The molecule has 1 aromatic carbocycles. The van der Waals surface area contributed by atoms with Gasteiger partial charge >= 0.3 is 6.18 Å². The zero-order valence-electron chi connectivity index (χ0n) is 11.7. The van der Waals surface area contributed by atoms with E-state index in [0.717, 1.165) is 12.3 Å². The van der Waals surface area contributed by atoms with Crippen molar-refractivity contribution < 1.29 is 22.3 Å². The highest BCUT2D eigenvalue weighted by atomic mass is 19.4. The molecule has 0 aliphatic heterocycles. The summed E-state index contributed by atoms with van der Waals surface area (Å²) in [5.74, 6) is -0.654. The fourth-order valence-corrected chi connectivity index (χ4v) is 2.00. The van der Waals surface area contributed by atoms with E-state index in [9.17, 15) is 17.6 Å². The van der Waals surface area contributed by atoms with E-state index >= 15 is 0 Å². The summed E-state index contributed by atoms with van der Waals surface area (Å²) < 4.78 is 58.9. The van der Waals surface area contributed by atoms with Crippen LogP contribution in [0.4, 0.5) is 17.6 Å². The molecule has 0 aliphatic carbocycles. The van der Waals surface area contributed by atoms with Crippen LogP contribution in [0, 0.1) is 5.82 Å². The van der Waals surface area contributed by atoms with E-state index in [1.165, 1.54) is 23.8 Å². The predicted octanol–water partition coefficient (Wildman–Crippen LogP) is 4.30. The molecule has 0 spiro atoms. The summed E-state index contributed by atoms with van der Waals surface area (Å²) >= 11 is 0. The van der Waals surface area contributed by atoms with Crippen molar-refractivity contribution in [2.24, 2.45) is 0 Å². The van der Waals surface area contributed by atoms with E-state index < -0.39 is 17.7 Å². The van der Waals surface area contributed by atoms with Gasteiger partial charge in [-0.15, -0.1) is 0 Å². The summed E-state index contributed by atoms with van der Waals surface area (Å²) in [5.41, 5.74) is -1.14. The number of hydrogen-bond donors (Lipinski definition) is 0. The van der Waals surface area contributed by atoms with Gasteiger partial charge in [-0.2, -0.15) is 13.2 Å². The second kappa shape index (κ2) is 5.38. The van der Waals surface area contributed by atoms with Crippen LogP contribution >= 0.6 is 0 Å². The lowest BCUT2D eigenvalue weighted by molar-refractivity contribution is -0.140. The van der Waals surface area contributed by atoms with Gasteiger partial charge in [0.2, 0.25) is 0 Å². The Balaban J connectivity index is 2.72. The van der Waals surface area contributed by atoms with E-state index in [0.29, 0.717) is 0 Å². The molecule has 0 fully saturated rings. The Morgan fingerprint density at radius 1 is 1.24 bits per heavy atom. The summed E-state index contributed by atoms with van der Waals surface area (Å²) in [6, 6.07) is 3.74. The quantitative estimate of drug-likeness (QED) is 0.791. The van der Waals surface area contributed by atoms with E-state index in [1.54, 1.807) is 13.8 Å². The van der Waals surface area contributed by atoms with Crippen molar-refractivity contribution in [2.75, 3.05) is 7.11 Å². The Hall–Kier alpha value is -2.05. The standard InChI is InChI=1S/C14H14F4N2O/c1-8(2)20-7-11(14(16,17)18)19-13(20)12-9(15)5-4-6-10(12)21-3/h4-8H,1-3H3. The molecule has 1 heterocycles. The second-order valence-corrected chi connectivity index (χ2v) is 4.77. The van der Waals surface area contributed by atoms with Crippen molar-refractivity contribution in [1.29, 1.82) is 0 Å². The minimum atomic E-state index is -4.59. The van der Waals surface area contributed by atoms with Gasteiger partial charge in [-0.05, 0) is 26.0 Å². The molecule has 0 N–H and O–H groups in total. The first-order chi connectivity index (χ1) is 9.75. The second-order valence-electron chi connectivity index (χ2n) is 4.77. The molecule has 0 radical (unpaired) electrons. The van der Waals surface area contributed by atoms with Crippen LogP contribution in [0.15, 0.2) is 24.4 Å². The lowest BCUT2D eigenvalue weighted by Crippen LogP contribution is -2.05. The molecule has 2 rings (SSSR count). The molecular formula is C14H14F4N2O. The van der Waals surface area contributed by atoms with Gasteiger partial charge in [0.25, 0.3) is 0 Å². The average Bonchev–Trinajstić information content (AvgIpc) is 2.83. The highest BCUT2D eigenvalue weighted by molar-refractivity contribution is 5.66. The number of halogens is 4. The number of ether oxygens (including phenoxy) is 1. The number of alkyl halides is 3. The summed E-state index contributed by atoms with van der Waals surface area (Å²) in [6.07, 6.45) is -3.71. The van der Waals surface area contributed by atoms with Gasteiger partial charge in [0, 0.05) is 12.2 Å². The number of aromatic nitrogens is 2. The van der Waals surface area contributed by atoms with Crippen molar-refractivity contribution in [1.82, 2.24) is 9.55 Å². The number of hydrogen-bond acceptors (Lipinski definition) is 2. The fraction of sp³-hybridized carbons (Fsp3) is 0.357. The lowest BCUT2D eigenvalue weighted by Gasteiger charge is -2.14. The molecule has 114 valence electrons. The zero-order chi connectivity index (χ0) is 15.8. The van der Waals surface area contributed by atoms with E-state index in [1.807, 2.05) is 0 Å². The molecule has 2 aromatic rings. The Bertz CT molecular complexity index is 647. The van der Waals surface area contributed by atoms with Crippen LogP contribution in [0.5, 0.6) is 5.75 Å². The largest absolute Gasteiger partial charge is 0.496 e. The van der Waals surface area contributed by atoms with Gasteiger partial charge in [0.15, 0.2) is 5.69 Å². The lowest BCUT2D eigenvalue weighted by atomic mass is 10.1. The van der Waals surface area contributed by atoms with E-state index in [2.05, 4.69) is 4.98 Å². The van der Waals surface area contributed by atoms with Gasteiger partial charge in [0.05, 0.1) is 12.7 Å². The smallest absolute Gasteiger partial charge is 0.434 e. The summed E-state index contributed by atoms with van der Waals surface area (Å²) in [5, 5.41) is 0. The van der Waals surface area contributed by atoms with Crippen molar-refractivity contribution in [3.63, 3.8) is 0 Å². The van der Waals surface area contributed by atoms with Crippen LogP contribution in [0.3, 0.4) is 0 Å². The van der Waals surface area contributed by atoms with Gasteiger partial charge < -0.3 is 9.30 Å². The van der Waals surface area contributed by atoms with Gasteiger partial charge in [-0.3, -0.25) is 0 Å². The number of benzene rings is 1. The molecule has 3 nitrogen and oxygen atoms in total. The van der Waals surface area contributed by atoms with Crippen molar-refractivity contribution in [3.8, 4) is 17.1 Å². The molecule has 21 heavy (non-hydrogen) atoms. The summed E-state index contributed by atoms with van der Waals surface area (Å²) in [4.78, 5) is 3.56. The third-order valence-corrected chi connectivity index (χ3v) is 3.00. The van der Waals surface area contributed by atoms with Crippen molar-refractivity contribution >= 4 is 0 Å². The van der Waals surface area contributed by atoms with Crippen molar-refractivity contribution in [2.45, 2.75) is 26.1 Å². The maximum atomic E-state index is 14.1. The van der Waals surface area contributed by atoms with Crippen LogP contribution in [-0.4, -0.2) is 16.7 Å². The normalized spacial score (nSPS) is 12.0. The van der Waals surface area contributed by atoms with E-state index in [4.69, 9.17) is 4.74 Å². The third-order valence-electron chi connectivity index (χ3n) is 3.00. The Morgan fingerprint density at radius 2 is 1.90 bits per heavy atom. The first kappa shape index (κ1) is 15.3. The molecule has 0 saturated carbocycles. The summed E-state index contributed by atoms with van der Waals surface area (Å²) in [7, 11) is 1.32. The highest BCUT2D eigenvalue weighted by Crippen LogP contribution is 2.36. The zero-order valence-corrected chi connectivity index (χ0v) is 11.7. The first-order valence-corrected chi connectivity index (χ1v) is 6.24. The Labute approximate surface area is 119 Å². The molecule has 0 amide bonds. The first-order valence-electron chi connectivity index (χ1n) is 6.24. The highest BCUT2D eigenvalue weighted by Gasteiger charge is 2.36. The van der Waals surface area contributed by atoms with Crippen LogP contribution < -0.4 is 4.74 Å². The SMILES string of the molecule is COc1cccc(F)c1-c1nc(C(F)(F)F)cn1C(C)C. The Kier molecular flexibility index (Phi) is 3.93. The topological polar surface area (TPSA) is 27.1 Å². The Morgan fingerprint density at radius 3 is 2.43 bits per heavy atom. The predicted molar refractivity (Wildman–Crippen MR) is 69.6 cm³/mol. The van der Waals surface area contributed by atoms with Gasteiger partial charge in [-0.1, -0.05) is 6.07 Å². The monoisotopic (exact) mass is 302 g/mol. The molecule has 1 aromatic heterocycles. The maximum absolute atomic E-state index is 14.1. The van der Waals surface area contributed by atoms with Crippen molar-refractivity contribution in [3.05, 3.63) is 35.9 Å². The van der Waals surface area contributed by atoms with Crippen LogP contribution in [-0.2, 0) is 6.18 Å². The molecule has 0 unspecified atom stereocenters. The fourth-order valence-electron chi connectivity index (χ4n) is 2.00. The van der Waals surface area contributed by atoms with Gasteiger partial charge in [-0.25, -0.2) is 9.37 Å². The number of methoxy groups -OCH3 is 1. The summed E-state index contributed by atoms with van der Waals surface area (Å²) in [6.45, 7) is 3.39. The molecule has 0 aliphatic rings. The molecule has 7 heteroatoms. The molecule has 0 saturated heterocycles. The minimum Gasteiger partial charge on any atom is -0.496 e. The van der Waals surface area contributed by atoms with Crippen LogP contribution in [0.1, 0.15) is 25.6 Å². The van der Waals surface area contributed by atoms with E-state index in [-0.39, 0.29) is 23.2 Å². The number of nitrogens with zero attached hydrogens (tertiary/aromatic N) is 2. The van der Waals surface area contributed by atoms with Gasteiger partial charge in [0.1, 0.15) is 17.4 Å². The number of imidazole rings is 1. The average molecular weight is 302 g/mol. The number of rotatable bonds is 3. The van der Waals surface area contributed by atoms with Crippen LogP contribution in [0.25, 0.3) is 11.4 Å². The molecule has 0 bridgehead atoms. The maximum Gasteiger partial charge on any atom is 0.434 e. The third kappa shape index (κ3) is 2.86. The molecular weight excluding hydrogens is 288 g/mol. The minimum absolute atomic E-state index is 0.0794. The van der Waals surface area contributed by atoms with Crippen LogP contribution in [0.2, 0.25) is 0 Å². The molecule has 0 atom stereocenters.